The van der Waals surface area contributed by atoms with Crippen LogP contribution in [0, 0.1) is 11.8 Å². The summed E-state index contributed by atoms with van der Waals surface area (Å²) in [6.45, 7) is 11.9. The van der Waals surface area contributed by atoms with Gasteiger partial charge in [-0.1, -0.05) is 26.8 Å². The first-order valence-corrected chi connectivity index (χ1v) is 17.7. The molecule has 4 atom stereocenters. The van der Waals surface area contributed by atoms with Gasteiger partial charge in [0.25, 0.3) is 10.0 Å². The summed E-state index contributed by atoms with van der Waals surface area (Å²) >= 11 is 0. The molecule has 2 rings (SSSR count). The summed E-state index contributed by atoms with van der Waals surface area (Å²) in [6.07, 6.45) is -4.11. The lowest BCUT2D eigenvalue weighted by molar-refractivity contribution is -0.167. The summed E-state index contributed by atoms with van der Waals surface area (Å²) < 4.78 is 76.3. The summed E-state index contributed by atoms with van der Waals surface area (Å²) in [5, 5.41) is 4.04. The predicted octanol–water partition coefficient (Wildman–Crippen LogP) is 3.59. The smallest absolute Gasteiger partial charge is 0.444 e. The van der Waals surface area contributed by atoms with Gasteiger partial charge in [-0.3, -0.25) is 19.2 Å². The SMILES string of the molecule is COC(C(C)C(=O)NS(=O)(=O)c1ccc(NC(=O)C(F)(F)F)cc1)C1CCCN1C(=O)/C(C)=C/C(C(C)C)N(C)C(=O)CNC(=O)OC(C)(C)C. The Hall–Kier alpha value is -4.19. The molecular formula is C33H48F3N5O9S. The minimum absolute atomic E-state index is 0.121. The molecule has 0 radical (unpaired) electrons. The van der Waals surface area contributed by atoms with E-state index < -0.39 is 74.6 Å². The van der Waals surface area contributed by atoms with Crippen molar-refractivity contribution in [3.05, 3.63) is 35.9 Å². The minimum atomic E-state index is -5.14. The van der Waals surface area contributed by atoms with Crippen LogP contribution < -0.4 is 15.4 Å². The third-order valence-corrected chi connectivity index (χ3v) is 9.46. The molecule has 1 heterocycles. The van der Waals surface area contributed by atoms with Crippen molar-refractivity contribution in [2.24, 2.45) is 11.8 Å². The van der Waals surface area contributed by atoms with Gasteiger partial charge in [-0.15, -0.1) is 0 Å². The van der Waals surface area contributed by atoms with Gasteiger partial charge >= 0.3 is 18.2 Å². The lowest BCUT2D eigenvalue weighted by Gasteiger charge is -2.34. The van der Waals surface area contributed by atoms with Gasteiger partial charge in [0.1, 0.15) is 12.1 Å². The van der Waals surface area contributed by atoms with E-state index in [1.165, 1.54) is 18.9 Å². The molecular weight excluding hydrogens is 699 g/mol. The molecule has 1 aliphatic rings. The lowest BCUT2D eigenvalue weighted by Crippen LogP contribution is -2.50. The van der Waals surface area contributed by atoms with Crippen molar-refractivity contribution >= 4 is 45.4 Å². The van der Waals surface area contributed by atoms with Crippen LogP contribution in [-0.4, -0.2) is 105 Å². The van der Waals surface area contributed by atoms with Gasteiger partial charge in [-0.2, -0.15) is 13.2 Å². The van der Waals surface area contributed by atoms with E-state index in [0.29, 0.717) is 25.0 Å². The fourth-order valence-corrected chi connectivity index (χ4v) is 6.55. The number of amides is 5. The maximum absolute atomic E-state index is 13.8. The van der Waals surface area contributed by atoms with Crippen LogP contribution in [0.5, 0.6) is 0 Å². The van der Waals surface area contributed by atoms with Crippen LogP contribution in [0.25, 0.3) is 0 Å². The van der Waals surface area contributed by atoms with Crippen molar-refractivity contribution in [2.45, 2.75) is 96.2 Å². The number of sulfonamides is 1. The number of hydrogen-bond acceptors (Lipinski definition) is 9. The second-order valence-electron chi connectivity index (χ2n) is 13.6. The van der Waals surface area contributed by atoms with Crippen LogP contribution in [0.1, 0.15) is 61.3 Å². The summed E-state index contributed by atoms with van der Waals surface area (Å²) in [4.78, 5) is 65.6. The number of methoxy groups -OCH3 is 1. The Labute approximate surface area is 296 Å². The molecule has 1 aromatic rings. The Bertz CT molecular complexity index is 1580. The number of nitrogens with one attached hydrogen (secondary N) is 3. The Morgan fingerprint density at radius 3 is 2.16 bits per heavy atom. The molecule has 3 N–H and O–H groups in total. The van der Waals surface area contributed by atoms with Crippen LogP contribution in [0.2, 0.25) is 0 Å². The van der Waals surface area contributed by atoms with E-state index >= 15 is 0 Å². The first-order chi connectivity index (χ1) is 23.4. The number of ether oxygens (including phenoxy) is 2. The number of alkyl carbamates (subject to hydrolysis) is 1. The summed E-state index contributed by atoms with van der Waals surface area (Å²) in [7, 11) is -1.59. The number of likely N-dealkylation sites (N-methyl/N-ethyl adjacent to an activating group) is 1. The van der Waals surface area contributed by atoms with E-state index in [4.69, 9.17) is 9.47 Å². The molecule has 18 heteroatoms. The number of benzene rings is 1. The molecule has 0 aromatic heterocycles. The fourth-order valence-electron chi connectivity index (χ4n) is 5.49. The Morgan fingerprint density at radius 1 is 1.06 bits per heavy atom. The van der Waals surface area contributed by atoms with Crippen molar-refractivity contribution in [3.8, 4) is 0 Å². The summed E-state index contributed by atoms with van der Waals surface area (Å²) in [5.41, 5.74) is -0.722. The van der Waals surface area contributed by atoms with Gasteiger partial charge in [0, 0.05) is 32.0 Å². The number of hydrogen-bond donors (Lipinski definition) is 3. The molecule has 14 nitrogen and oxygen atoms in total. The third-order valence-electron chi connectivity index (χ3n) is 8.10. The van der Waals surface area contributed by atoms with E-state index in [0.717, 1.165) is 24.3 Å². The first-order valence-electron chi connectivity index (χ1n) is 16.2. The Balaban J connectivity index is 2.16. The van der Waals surface area contributed by atoms with E-state index in [-0.39, 0.29) is 24.1 Å². The maximum Gasteiger partial charge on any atom is 0.471 e. The number of carbonyl (C=O) groups excluding carboxylic acids is 5. The quantitative estimate of drug-likeness (QED) is 0.254. The van der Waals surface area contributed by atoms with E-state index in [1.807, 2.05) is 18.6 Å². The largest absolute Gasteiger partial charge is 0.471 e. The average molecular weight is 748 g/mol. The second-order valence-corrected chi connectivity index (χ2v) is 15.3. The molecule has 0 saturated carbocycles. The number of likely N-dealkylation sites (tertiary alicyclic amines) is 1. The second kappa shape index (κ2) is 17.4. The number of anilines is 1. The zero-order chi connectivity index (χ0) is 39.1. The highest BCUT2D eigenvalue weighted by Gasteiger charge is 2.41. The normalized spacial score (nSPS) is 17.3. The van der Waals surface area contributed by atoms with E-state index in [2.05, 4.69) is 5.32 Å². The standard InChI is InChI=1S/C33H48F3N5O9S/c1-19(2)25(40(8)26(42)18-37-31(46)50-32(5,6)7)17-20(3)29(44)41-16-10-11-24(41)27(49-9)21(4)28(43)39-51(47,48)23-14-12-22(13-15-23)38-30(45)33(34,35)36/h12-15,17,19,21,24-25,27H,10-11,16,18H2,1-9H3,(H,37,46)(H,38,45)(H,39,43)/b20-17+. The van der Waals surface area contributed by atoms with Crippen LogP contribution in [0.4, 0.5) is 23.7 Å². The number of alkyl halides is 3. The summed E-state index contributed by atoms with van der Waals surface area (Å²) in [6, 6.07) is 2.62. The lowest BCUT2D eigenvalue weighted by atomic mass is 9.94. The molecule has 51 heavy (non-hydrogen) atoms. The Morgan fingerprint density at radius 2 is 1.65 bits per heavy atom. The van der Waals surface area contributed by atoms with Gasteiger partial charge in [0.05, 0.1) is 29.0 Å². The molecule has 0 aliphatic carbocycles. The maximum atomic E-state index is 13.8. The first kappa shape index (κ1) is 43.0. The van der Waals surface area contributed by atoms with Crippen molar-refractivity contribution in [1.29, 1.82) is 0 Å². The van der Waals surface area contributed by atoms with Gasteiger partial charge in [-0.25, -0.2) is 17.9 Å². The molecule has 1 aliphatic heterocycles. The monoisotopic (exact) mass is 747 g/mol. The number of rotatable bonds is 13. The van der Waals surface area contributed by atoms with E-state index in [9.17, 15) is 45.6 Å². The Kier molecular flexibility index (Phi) is 14.6. The minimum Gasteiger partial charge on any atom is -0.444 e. The van der Waals surface area contributed by atoms with Crippen molar-refractivity contribution in [3.63, 3.8) is 0 Å². The molecule has 4 unspecified atom stereocenters. The van der Waals surface area contributed by atoms with Gasteiger partial charge in [-0.05, 0) is 70.7 Å². The average Bonchev–Trinajstić information content (AvgIpc) is 3.50. The van der Waals surface area contributed by atoms with Crippen LogP contribution in [0.3, 0.4) is 0 Å². The third kappa shape index (κ3) is 12.2. The molecule has 1 aromatic carbocycles. The van der Waals surface area contributed by atoms with Crippen LogP contribution in [0.15, 0.2) is 40.8 Å². The highest BCUT2D eigenvalue weighted by Crippen LogP contribution is 2.29. The van der Waals surface area contributed by atoms with Gasteiger partial charge in [0.2, 0.25) is 17.7 Å². The number of carbonyl (C=O) groups is 5. The van der Waals surface area contributed by atoms with Crippen LogP contribution in [-0.2, 0) is 38.7 Å². The van der Waals surface area contributed by atoms with Gasteiger partial charge < -0.3 is 29.9 Å². The zero-order valence-electron chi connectivity index (χ0n) is 30.2. The number of halogens is 3. The van der Waals surface area contributed by atoms with Crippen molar-refractivity contribution < 1.29 is 55.0 Å². The van der Waals surface area contributed by atoms with Crippen LogP contribution >= 0.6 is 0 Å². The molecule has 286 valence electrons. The highest BCUT2D eigenvalue weighted by molar-refractivity contribution is 7.90. The van der Waals surface area contributed by atoms with Gasteiger partial charge in [0.15, 0.2) is 0 Å². The predicted molar refractivity (Wildman–Crippen MR) is 181 cm³/mol. The highest BCUT2D eigenvalue weighted by atomic mass is 32.2. The van der Waals surface area contributed by atoms with Crippen molar-refractivity contribution in [1.82, 2.24) is 19.8 Å². The topological polar surface area (TPSA) is 181 Å². The van der Waals surface area contributed by atoms with Crippen molar-refractivity contribution in [2.75, 3.05) is 32.6 Å². The molecule has 1 saturated heterocycles. The molecule has 1 fully saturated rings. The summed E-state index contributed by atoms with van der Waals surface area (Å²) in [5.74, 6) is -5.15. The fraction of sp³-hybridized carbons (Fsp3) is 0.606. The molecule has 0 bridgehead atoms. The number of nitrogens with zero attached hydrogens (tertiary/aromatic N) is 2. The zero-order valence-corrected chi connectivity index (χ0v) is 31.0. The molecule has 5 amide bonds. The van der Waals surface area contributed by atoms with E-state index in [1.54, 1.807) is 51.0 Å². The molecule has 0 spiro atoms.